The second-order valence-electron chi connectivity index (χ2n) is 25.6. The van der Waals surface area contributed by atoms with E-state index < -0.39 is 0 Å². The van der Waals surface area contributed by atoms with Crippen LogP contribution in [0.5, 0.6) is 0 Å². The average molecular weight is 1110 g/mol. The lowest BCUT2D eigenvalue weighted by Crippen LogP contribution is -2.60. The molecular formula is C80H60BN3S. The first-order valence-electron chi connectivity index (χ1n) is 29.9. The van der Waals surface area contributed by atoms with Crippen molar-refractivity contribution >= 4 is 115 Å². The predicted molar refractivity (Wildman–Crippen MR) is 366 cm³/mol. The molecule has 0 bridgehead atoms. The second kappa shape index (κ2) is 18.4. The molecule has 0 atom stereocenters. The van der Waals surface area contributed by atoms with E-state index in [0.29, 0.717) is 0 Å². The van der Waals surface area contributed by atoms with Crippen LogP contribution in [0.4, 0.5) is 17.1 Å². The van der Waals surface area contributed by atoms with Crippen LogP contribution in [0.15, 0.2) is 255 Å². The van der Waals surface area contributed by atoms with Gasteiger partial charge in [0.05, 0.1) is 32.6 Å². The molecule has 0 amide bonds. The fraction of sp³-hybridized carbons (Fsp3) is 0.100. The number of nitrogens with zero attached hydrogens (tertiary/aromatic N) is 3. The van der Waals surface area contributed by atoms with E-state index in [-0.39, 0.29) is 17.5 Å². The highest BCUT2D eigenvalue weighted by Crippen LogP contribution is 2.54. The van der Waals surface area contributed by atoms with E-state index in [1.807, 2.05) is 11.3 Å². The van der Waals surface area contributed by atoms with Gasteiger partial charge in [-0.1, -0.05) is 236 Å². The zero-order chi connectivity index (χ0) is 57.0. The molecule has 0 spiro atoms. The largest absolute Gasteiger partial charge is 0.310 e. The van der Waals surface area contributed by atoms with E-state index in [4.69, 9.17) is 0 Å². The molecule has 0 radical (unpaired) electrons. The number of fused-ring (bicyclic) bond motifs is 14. The maximum absolute atomic E-state index is 2.75. The van der Waals surface area contributed by atoms with Crippen LogP contribution in [-0.4, -0.2) is 15.8 Å². The summed E-state index contributed by atoms with van der Waals surface area (Å²) in [5.74, 6) is 0. The number of thiophene rings is 1. The second-order valence-corrected chi connectivity index (χ2v) is 26.7. The van der Waals surface area contributed by atoms with E-state index in [2.05, 4.69) is 310 Å². The summed E-state index contributed by atoms with van der Waals surface area (Å²) in [6.07, 6.45) is 0. The van der Waals surface area contributed by atoms with Crippen molar-refractivity contribution in [3.63, 3.8) is 0 Å². The van der Waals surface area contributed by atoms with Crippen molar-refractivity contribution in [1.29, 1.82) is 0 Å². The van der Waals surface area contributed by atoms with Crippen LogP contribution in [0.1, 0.15) is 52.7 Å². The molecule has 404 valence electrons. The van der Waals surface area contributed by atoms with Gasteiger partial charge in [0.15, 0.2) is 0 Å². The van der Waals surface area contributed by atoms with Gasteiger partial charge in [0.25, 0.3) is 6.71 Å². The molecule has 0 aliphatic carbocycles. The Morgan fingerprint density at radius 2 is 0.894 bits per heavy atom. The molecule has 0 saturated heterocycles. The minimum absolute atomic E-state index is 0.0660. The van der Waals surface area contributed by atoms with Crippen molar-refractivity contribution in [3.8, 4) is 55.9 Å². The van der Waals surface area contributed by atoms with Crippen LogP contribution in [0.25, 0.3) is 120 Å². The Kier molecular flexibility index (Phi) is 10.8. The highest BCUT2D eigenvalue weighted by atomic mass is 32.1. The van der Waals surface area contributed by atoms with Crippen molar-refractivity contribution in [2.24, 2.45) is 0 Å². The van der Waals surface area contributed by atoms with Crippen LogP contribution in [0.3, 0.4) is 0 Å². The van der Waals surface area contributed by atoms with E-state index in [1.54, 1.807) is 0 Å². The van der Waals surface area contributed by atoms with Crippen molar-refractivity contribution in [3.05, 3.63) is 266 Å². The normalized spacial score (nSPS) is 13.0. The Balaban J connectivity index is 1.07. The molecule has 5 heterocycles. The molecule has 5 heteroatoms. The Hall–Kier alpha value is -9.68. The minimum atomic E-state index is -0.167. The number of rotatable bonds is 6. The van der Waals surface area contributed by atoms with E-state index in [1.165, 1.54) is 159 Å². The highest BCUT2D eigenvalue weighted by Gasteiger charge is 2.45. The first kappa shape index (κ1) is 49.9. The van der Waals surface area contributed by atoms with Gasteiger partial charge in [-0.3, -0.25) is 0 Å². The van der Waals surface area contributed by atoms with Gasteiger partial charge in [-0.15, -0.1) is 11.3 Å². The number of benzene rings is 12. The molecule has 17 rings (SSSR count). The third kappa shape index (κ3) is 7.52. The molecule has 12 aromatic carbocycles. The van der Waals surface area contributed by atoms with Gasteiger partial charge in [0, 0.05) is 70.7 Å². The monoisotopic (exact) mass is 1110 g/mol. The Morgan fingerprint density at radius 1 is 0.341 bits per heavy atom. The first-order chi connectivity index (χ1) is 41.4. The lowest BCUT2D eigenvalue weighted by atomic mass is 9.33. The quantitative estimate of drug-likeness (QED) is 0.151. The SMILES string of the molecule is CC(C)(C)c1cccc(-c2cccc(-c3cccc(C(C)(C)C)c3)c2N2c3ccc(-n4c5ccccc5c5ccccc54)cc3B3c4c(cc5c(sc6ccccc65)c42)-n2c4ccc(-c5ccccc5)cc4c4cc(-c5ccccc5)cc3c42)c1. The summed E-state index contributed by atoms with van der Waals surface area (Å²) in [4.78, 5) is 2.75. The van der Waals surface area contributed by atoms with Gasteiger partial charge in [-0.2, -0.15) is 0 Å². The molecule has 3 nitrogen and oxygen atoms in total. The number of anilines is 3. The van der Waals surface area contributed by atoms with Crippen LogP contribution in [-0.2, 0) is 10.8 Å². The fourth-order valence-corrected chi connectivity index (χ4v) is 15.7. The predicted octanol–water partition coefficient (Wildman–Crippen LogP) is 20.1. The number of hydrogen-bond acceptors (Lipinski definition) is 2. The summed E-state index contributed by atoms with van der Waals surface area (Å²) in [6.45, 7) is 13.8. The van der Waals surface area contributed by atoms with Gasteiger partial charge in [0.1, 0.15) is 0 Å². The maximum Gasteiger partial charge on any atom is 0.252 e. The highest BCUT2D eigenvalue weighted by molar-refractivity contribution is 7.26. The summed E-state index contributed by atoms with van der Waals surface area (Å²) in [7, 11) is 0. The maximum atomic E-state index is 2.75. The van der Waals surface area contributed by atoms with Gasteiger partial charge in [-0.25, -0.2) is 0 Å². The van der Waals surface area contributed by atoms with Crippen molar-refractivity contribution < 1.29 is 0 Å². The van der Waals surface area contributed by atoms with Gasteiger partial charge >= 0.3 is 0 Å². The number of para-hydroxylation sites is 3. The molecule has 0 N–H and O–H groups in total. The summed E-state index contributed by atoms with van der Waals surface area (Å²) < 4.78 is 7.74. The molecule has 15 aromatic rings. The number of hydrogen-bond donors (Lipinski definition) is 0. The summed E-state index contributed by atoms with van der Waals surface area (Å²) in [6, 6.07) is 97.0. The molecule has 3 aromatic heterocycles. The third-order valence-electron chi connectivity index (χ3n) is 18.6. The lowest BCUT2D eigenvalue weighted by molar-refractivity contribution is 0.590. The van der Waals surface area contributed by atoms with Gasteiger partial charge < -0.3 is 14.0 Å². The van der Waals surface area contributed by atoms with Crippen molar-refractivity contribution in [1.82, 2.24) is 9.13 Å². The zero-order valence-electron chi connectivity index (χ0n) is 48.6. The van der Waals surface area contributed by atoms with E-state index >= 15 is 0 Å². The van der Waals surface area contributed by atoms with E-state index in [0.717, 1.165) is 5.69 Å². The Labute approximate surface area is 500 Å². The molecule has 0 fully saturated rings. The zero-order valence-corrected chi connectivity index (χ0v) is 49.4. The molecule has 2 aliphatic rings. The van der Waals surface area contributed by atoms with Gasteiger partial charge in [-0.05, 0) is 132 Å². The summed E-state index contributed by atoms with van der Waals surface area (Å²) in [5, 5.41) is 7.56. The summed E-state index contributed by atoms with van der Waals surface area (Å²) >= 11 is 1.94. The molecule has 85 heavy (non-hydrogen) atoms. The molecule has 0 saturated carbocycles. The molecule has 2 aliphatic heterocycles. The minimum Gasteiger partial charge on any atom is -0.310 e. The first-order valence-corrected chi connectivity index (χ1v) is 30.8. The lowest BCUT2D eigenvalue weighted by Gasteiger charge is -2.42. The molecular weight excluding hydrogens is 1050 g/mol. The fourth-order valence-electron chi connectivity index (χ4n) is 14.5. The van der Waals surface area contributed by atoms with Crippen LogP contribution in [0.2, 0.25) is 0 Å². The smallest absolute Gasteiger partial charge is 0.252 e. The van der Waals surface area contributed by atoms with Crippen LogP contribution < -0.4 is 21.3 Å². The van der Waals surface area contributed by atoms with Crippen LogP contribution in [0, 0.1) is 0 Å². The Bertz CT molecular complexity index is 5150. The van der Waals surface area contributed by atoms with Crippen molar-refractivity contribution in [2.45, 2.75) is 52.4 Å². The molecule has 0 unspecified atom stereocenters. The number of aromatic nitrogens is 2. The third-order valence-corrected chi connectivity index (χ3v) is 19.8. The van der Waals surface area contributed by atoms with Crippen LogP contribution >= 0.6 is 11.3 Å². The Morgan fingerprint density at radius 3 is 1.54 bits per heavy atom. The van der Waals surface area contributed by atoms with E-state index in [9.17, 15) is 0 Å². The average Bonchev–Trinajstić information content (AvgIpc) is 1.91. The summed E-state index contributed by atoms with van der Waals surface area (Å²) in [5.41, 5.74) is 26.8. The van der Waals surface area contributed by atoms with Gasteiger partial charge in [0.2, 0.25) is 0 Å². The van der Waals surface area contributed by atoms with Crippen molar-refractivity contribution in [2.75, 3.05) is 4.90 Å². The standard InChI is InChI=1S/C80H60BN3S/c1-79(2,3)55-28-19-26-52(42-55)58-33-21-34-59(53-27-20-29-56(43-53)80(4,5)6)75(58)84-71-41-39-57(82-68-35-16-13-30-60(68)61-31-14-17-36-69(61)82)47-66(71)81-67-46-54(50-24-11-8-12-25-50)45-64-63-44-51(49-22-9-7-10-23-49)38-40-70(63)83(76(64)67)72-48-65-62-32-15-18-37-73(62)85-78(65)77(84)74(72)81/h7-48H,1-6H3. The topological polar surface area (TPSA) is 13.1 Å².